The van der Waals surface area contributed by atoms with Crippen molar-refractivity contribution in [3.63, 3.8) is 0 Å². The molecule has 0 aliphatic rings. The van der Waals surface area contributed by atoms with Gasteiger partial charge >= 0.3 is 0 Å². The van der Waals surface area contributed by atoms with Crippen molar-refractivity contribution in [3.8, 4) is 0 Å². The molecule has 0 saturated carbocycles. The van der Waals surface area contributed by atoms with Crippen molar-refractivity contribution in [2.75, 3.05) is 0 Å². The first kappa shape index (κ1) is 11.9. The summed E-state index contributed by atoms with van der Waals surface area (Å²) >= 11 is 0. The SMILES string of the molecule is CC(=O)C(O)CC(C)c1ccccc1C. The van der Waals surface area contributed by atoms with E-state index in [4.69, 9.17) is 0 Å². The summed E-state index contributed by atoms with van der Waals surface area (Å²) in [7, 11) is 0. The summed E-state index contributed by atoms with van der Waals surface area (Å²) in [5.41, 5.74) is 2.42. The Morgan fingerprint density at radius 1 is 1.40 bits per heavy atom. The zero-order valence-corrected chi connectivity index (χ0v) is 9.53. The molecule has 1 aromatic rings. The maximum Gasteiger partial charge on any atom is 0.158 e. The Morgan fingerprint density at radius 2 is 2.00 bits per heavy atom. The summed E-state index contributed by atoms with van der Waals surface area (Å²) in [5.74, 6) is 0.0561. The second-order valence-electron chi connectivity index (χ2n) is 4.12. The van der Waals surface area contributed by atoms with Crippen LogP contribution in [-0.4, -0.2) is 17.0 Å². The Hall–Kier alpha value is -1.15. The summed E-state index contributed by atoms with van der Waals surface area (Å²) in [6.45, 7) is 5.51. The Labute approximate surface area is 90.9 Å². The normalized spacial score (nSPS) is 14.7. The van der Waals surface area contributed by atoms with Crippen molar-refractivity contribution in [2.45, 2.75) is 39.2 Å². The summed E-state index contributed by atoms with van der Waals surface area (Å²) < 4.78 is 0. The molecule has 0 radical (unpaired) electrons. The zero-order valence-electron chi connectivity index (χ0n) is 9.53. The minimum atomic E-state index is -0.834. The van der Waals surface area contributed by atoms with Gasteiger partial charge in [-0.3, -0.25) is 4.79 Å². The minimum Gasteiger partial charge on any atom is -0.385 e. The van der Waals surface area contributed by atoms with E-state index < -0.39 is 6.10 Å². The van der Waals surface area contributed by atoms with Gasteiger partial charge in [-0.15, -0.1) is 0 Å². The van der Waals surface area contributed by atoms with Gasteiger partial charge in [0, 0.05) is 0 Å². The molecule has 0 aromatic heterocycles. The van der Waals surface area contributed by atoms with E-state index in [9.17, 15) is 9.90 Å². The number of aliphatic hydroxyl groups excluding tert-OH is 1. The van der Waals surface area contributed by atoms with E-state index in [1.54, 1.807) is 0 Å². The van der Waals surface area contributed by atoms with Crippen LogP contribution in [0, 0.1) is 6.92 Å². The minimum absolute atomic E-state index is 0.157. The lowest BCUT2D eigenvalue weighted by Gasteiger charge is -2.16. The summed E-state index contributed by atoms with van der Waals surface area (Å²) in [4.78, 5) is 10.9. The van der Waals surface area contributed by atoms with Crippen molar-refractivity contribution in [1.29, 1.82) is 0 Å². The van der Waals surface area contributed by atoms with Crippen LogP contribution in [0.25, 0.3) is 0 Å². The second-order valence-corrected chi connectivity index (χ2v) is 4.12. The highest BCUT2D eigenvalue weighted by Gasteiger charge is 2.16. The summed E-state index contributed by atoms with van der Waals surface area (Å²) in [5, 5.41) is 9.50. The highest BCUT2D eigenvalue weighted by Crippen LogP contribution is 2.23. The number of Topliss-reactive ketones (excluding diaryl/α,β-unsaturated/α-hetero) is 1. The monoisotopic (exact) mass is 206 g/mol. The van der Waals surface area contributed by atoms with Crippen molar-refractivity contribution in [3.05, 3.63) is 35.4 Å². The van der Waals surface area contributed by atoms with Gasteiger partial charge in [-0.2, -0.15) is 0 Å². The molecule has 1 rings (SSSR count). The molecule has 0 heterocycles. The number of aryl methyl sites for hydroxylation is 1. The van der Waals surface area contributed by atoms with E-state index in [-0.39, 0.29) is 11.7 Å². The fourth-order valence-electron chi connectivity index (χ4n) is 1.77. The van der Waals surface area contributed by atoms with Crippen LogP contribution >= 0.6 is 0 Å². The van der Waals surface area contributed by atoms with Crippen LogP contribution in [-0.2, 0) is 4.79 Å². The lowest BCUT2D eigenvalue weighted by atomic mass is 9.91. The van der Waals surface area contributed by atoms with E-state index in [1.165, 1.54) is 18.1 Å². The quantitative estimate of drug-likeness (QED) is 0.821. The van der Waals surface area contributed by atoms with E-state index in [1.807, 2.05) is 38.1 Å². The van der Waals surface area contributed by atoms with Gasteiger partial charge in [0.25, 0.3) is 0 Å². The Morgan fingerprint density at radius 3 is 2.53 bits per heavy atom. The first-order valence-corrected chi connectivity index (χ1v) is 5.26. The molecule has 1 N–H and O–H groups in total. The zero-order chi connectivity index (χ0) is 11.4. The molecule has 1 aromatic carbocycles. The predicted octanol–water partition coefficient (Wildman–Crippen LogP) is 2.44. The van der Waals surface area contributed by atoms with Crippen LogP contribution in [0.3, 0.4) is 0 Å². The van der Waals surface area contributed by atoms with E-state index in [0.29, 0.717) is 6.42 Å². The van der Waals surface area contributed by atoms with Crippen LogP contribution in [0.4, 0.5) is 0 Å². The molecule has 2 nitrogen and oxygen atoms in total. The number of aliphatic hydroxyl groups is 1. The van der Waals surface area contributed by atoms with E-state index in [2.05, 4.69) is 0 Å². The molecule has 0 amide bonds. The van der Waals surface area contributed by atoms with E-state index >= 15 is 0 Å². The maximum atomic E-state index is 10.9. The number of hydrogen-bond acceptors (Lipinski definition) is 2. The van der Waals surface area contributed by atoms with Crippen LogP contribution in [0.2, 0.25) is 0 Å². The third kappa shape index (κ3) is 3.17. The van der Waals surface area contributed by atoms with Crippen molar-refractivity contribution in [1.82, 2.24) is 0 Å². The fraction of sp³-hybridized carbons (Fsp3) is 0.462. The van der Waals surface area contributed by atoms with Gasteiger partial charge in [-0.1, -0.05) is 31.2 Å². The molecule has 0 bridgehead atoms. The molecule has 0 fully saturated rings. The molecule has 0 saturated heterocycles. The predicted molar refractivity (Wildman–Crippen MR) is 60.9 cm³/mol. The highest BCUT2D eigenvalue weighted by molar-refractivity contribution is 5.80. The Bertz CT molecular complexity index is 344. The van der Waals surface area contributed by atoms with Gasteiger partial charge in [0.1, 0.15) is 6.10 Å². The molecule has 2 heteroatoms. The van der Waals surface area contributed by atoms with Gasteiger partial charge in [0.2, 0.25) is 0 Å². The van der Waals surface area contributed by atoms with E-state index in [0.717, 1.165) is 0 Å². The summed E-state index contributed by atoms with van der Waals surface area (Å²) in [6.07, 6.45) is -0.334. The Kier molecular flexibility index (Phi) is 4.04. The molecule has 2 atom stereocenters. The molecule has 2 unspecified atom stereocenters. The standard InChI is InChI=1S/C13H18O2/c1-9-6-4-5-7-12(9)10(2)8-13(15)11(3)14/h4-7,10,13,15H,8H2,1-3H3. The van der Waals surface area contributed by atoms with Crippen LogP contribution < -0.4 is 0 Å². The number of rotatable bonds is 4. The summed E-state index contributed by atoms with van der Waals surface area (Å²) in [6, 6.07) is 8.07. The molecule has 15 heavy (non-hydrogen) atoms. The van der Waals surface area contributed by atoms with Crippen molar-refractivity contribution >= 4 is 5.78 Å². The topological polar surface area (TPSA) is 37.3 Å². The molecule has 0 aliphatic carbocycles. The van der Waals surface area contributed by atoms with Gasteiger partial charge in [-0.25, -0.2) is 0 Å². The second kappa shape index (κ2) is 5.08. The van der Waals surface area contributed by atoms with Gasteiger partial charge < -0.3 is 5.11 Å². The largest absolute Gasteiger partial charge is 0.385 e. The first-order valence-electron chi connectivity index (χ1n) is 5.26. The first-order chi connectivity index (χ1) is 7.02. The number of benzene rings is 1. The molecule has 0 spiro atoms. The van der Waals surface area contributed by atoms with Crippen LogP contribution in [0.1, 0.15) is 37.3 Å². The highest BCUT2D eigenvalue weighted by atomic mass is 16.3. The molecular weight excluding hydrogens is 188 g/mol. The molecule has 82 valence electrons. The lowest BCUT2D eigenvalue weighted by molar-refractivity contribution is -0.125. The molecular formula is C13H18O2. The number of carbonyl (C=O) groups excluding carboxylic acids is 1. The molecule has 0 aliphatic heterocycles. The van der Waals surface area contributed by atoms with Gasteiger partial charge in [0.15, 0.2) is 5.78 Å². The number of hydrogen-bond donors (Lipinski definition) is 1. The third-order valence-electron chi connectivity index (χ3n) is 2.77. The van der Waals surface area contributed by atoms with Crippen LogP contribution in [0.15, 0.2) is 24.3 Å². The average molecular weight is 206 g/mol. The van der Waals surface area contributed by atoms with Crippen LogP contribution in [0.5, 0.6) is 0 Å². The number of ketones is 1. The lowest BCUT2D eigenvalue weighted by Crippen LogP contribution is -2.19. The smallest absolute Gasteiger partial charge is 0.158 e. The van der Waals surface area contributed by atoms with Crippen molar-refractivity contribution in [2.24, 2.45) is 0 Å². The maximum absolute atomic E-state index is 10.9. The third-order valence-corrected chi connectivity index (χ3v) is 2.77. The van der Waals surface area contributed by atoms with Gasteiger partial charge in [0.05, 0.1) is 0 Å². The van der Waals surface area contributed by atoms with Gasteiger partial charge in [-0.05, 0) is 37.3 Å². The number of carbonyl (C=O) groups is 1. The average Bonchev–Trinajstić information content (AvgIpc) is 2.18. The van der Waals surface area contributed by atoms with Crippen molar-refractivity contribution < 1.29 is 9.90 Å². The Balaban J connectivity index is 2.73. The fourth-order valence-corrected chi connectivity index (χ4v) is 1.77.